The predicted octanol–water partition coefficient (Wildman–Crippen LogP) is 2.54. The van der Waals surface area contributed by atoms with Crippen molar-refractivity contribution in [2.45, 2.75) is 12.8 Å². The predicted molar refractivity (Wildman–Crippen MR) is 48.4 cm³/mol. The van der Waals surface area contributed by atoms with Gasteiger partial charge in [0.25, 0.3) is 0 Å². The molecule has 1 heteroatoms. The third-order valence-corrected chi connectivity index (χ3v) is 2.20. The van der Waals surface area contributed by atoms with E-state index in [-0.39, 0.29) is 0 Å². The molecule has 1 aromatic rings. The van der Waals surface area contributed by atoms with Crippen molar-refractivity contribution in [2.24, 2.45) is 0 Å². The number of fused-ring (bicyclic) bond motifs is 1. The van der Waals surface area contributed by atoms with E-state index >= 15 is 0 Å². The summed E-state index contributed by atoms with van der Waals surface area (Å²) in [5, 5.41) is 8.56. The normalized spacial score (nSPS) is 13.4. The zero-order valence-electron chi connectivity index (χ0n) is 6.75. The van der Waals surface area contributed by atoms with Gasteiger partial charge in [0, 0.05) is 0 Å². The molecule has 0 aromatic heterocycles. The third kappa shape index (κ3) is 1.02. The van der Waals surface area contributed by atoms with Crippen molar-refractivity contribution in [1.29, 1.82) is 5.26 Å². The van der Waals surface area contributed by atoms with Crippen molar-refractivity contribution in [3.63, 3.8) is 0 Å². The molecular formula is C11H9N. The van der Waals surface area contributed by atoms with Gasteiger partial charge in [0.2, 0.25) is 0 Å². The molecule has 0 saturated heterocycles. The van der Waals surface area contributed by atoms with Crippen molar-refractivity contribution in [1.82, 2.24) is 0 Å². The van der Waals surface area contributed by atoms with Crippen molar-refractivity contribution in [2.75, 3.05) is 0 Å². The molecule has 0 amide bonds. The summed E-state index contributed by atoms with van der Waals surface area (Å²) in [5.74, 6) is 0. The van der Waals surface area contributed by atoms with E-state index in [1.165, 1.54) is 16.7 Å². The fourth-order valence-electron chi connectivity index (χ4n) is 1.61. The van der Waals surface area contributed by atoms with Gasteiger partial charge in [0.05, 0.1) is 12.5 Å². The van der Waals surface area contributed by atoms with Crippen LogP contribution in [0.2, 0.25) is 0 Å². The topological polar surface area (TPSA) is 23.8 Å². The van der Waals surface area contributed by atoms with Gasteiger partial charge in [-0.05, 0) is 23.1 Å². The molecule has 12 heavy (non-hydrogen) atoms. The smallest absolute Gasteiger partial charge is 0.0669 e. The van der Waals surface area contributed by atoms with Crippen LogP contribution in [0, 0.1) is 11.3 Å². The first kappa shape index (κ1) is 7.12. The highest BCUT2D eigenvalue weighted by Crippen LogP contribution is 2.28. The molecule has 1 aliphatic carbocycles. The first-order chi connectivity index (χ1) is 5.92. The number of hydrogen-bond acceptors (Lipinski definition) is 1. The Labute approximate surface area is 72.0 Å². The van der Waals surface area contributed by atoms with Crippen LogP contribution >= 0.6 is 0 Å². The van der Waals surface area contributed by atoms with Crippen LogP contribution in [0.1, 0.15) is 17.5 Å². The molecule has 1 nitrogen and oxygen atoms in total. The van der Waals surface area contributed by atoms with Gasteiger partial charge in [-0.15, -0.1) is 0 Å². The van der Waals surface area contributed by atoms with Crippen molar-refractivity contribution in [3.8, 4) is 6.07 Å². The summed E-state index contributed by atoms with van der Waals surface area (Å²) in [7, 11) is 0. The molecule has 2 rings (SSSR count). The molecule has 0 saturated carbocycles. The van der Waals surface area contributed by atoms with Gasteiger partial charge in [-0.2, -0.15) is 5.26 Å². The second-order valence-electron chi connectivity index (χ2n) is 2.93. The number of allylic oxidation sites excluding steroid dienone is 2. The van der Waals surface area contributed by atoms with Crippen LogP contribution in [0.5, 0.6) is 0 Å². The van der Waals surface area contributed by atoms with E-state index in [0.29, 0.717) is 6.42 Å². The lowest BCUT2D eigenvalue weighted by Gasteiger charge is -1.99. The Balaban J connectivity index is 2.40. The summed E-state index contributed by atoms with van der Waals surface area (Å²) < 4.78 is 0. The monoisotopic (exact) mass is 155 g/mol. The lowest BCUT2D eigenvalue weighted by Crippen LogP contribution is -1.82. The fourth-order valence-corrected chi connectivity index (χ4v) is 1.61. The van der Waals surface area contributed by atoms with E-state index in [1.807, 2.05) is 12.1 Å². The fraction of sp³-hybridized carbons (Fsp3) is 0.182. The molecule has 0 bridgehead atoms. The van der Waals surface area contributed by atoms with Gasteiger partial charge in [0.1, 0.15) is 0 Å². The van der Waals surface area contributed by atoms with E-state index in [2.05, 4.69) is 24.3 Å². The molecule has 1 aliphatic rings. The van der Waals surface area contributed by atoms with E-state index in [4.69, 9.17) is 5.26 Å². The van der Waals surface area contributed by atoms with Crippen molar-refractivity contribution < 1.29 is 0 Å². The minimum atomic E-state index is 0.539. The maximum absolute atomic E-state index is 8.56. The lowest BCUT2D eigenvalue weighted by atomic mass is 10.0. The van der Waals surface area contributed by atoms with Gasteiger partial charge in [0.15, 0.2) is 0 Å². The Hall–Kier alpha value is -1.55. The van der Waals surface area contributed by atoms with E-state index < -0.39 is 0 Å². The Morgan fingerprint density at radius 1 is 1.33 bits per heavy atom. The largest absolute Gasteiger partial charge is 0.198 e. The molecule has 0 spiro atoms. The van der Waals surface area contributed by atoms with Gasteiger partial charge in [-0.3, -0.25) is 0 Å². The maximum Gasteiger partial charge on any atom is 0.0669 e. The number of hydrogen-bond donors (Lipinski definition) is 0. The highest BCUT2D eigenvalue weighted by molar-refractivity contribution is 5.74. The Morgan fingerprint density at radius 2 is 2.17 bits per heavy atom. The van der Waals surface area contributed by atoms with Crippen LogP contribution in [-0.2, 0) is 6.42 Å². The average molecular weight is 155 g/mol. The highest BCUT2D eigenvalue weighted by Gasteiger charge is 2.11. The third-order valence-electron chi connectivity index (χ3n) is 2.20. The van der Waals surface area contributed by atoms with E-state index in [9.17, 15) is 0 Å². The summed E-state index contributed by atoms with van der Waals surface area (Å²) in [5.41, 5.74) is 3.80. The Kier molecular flexibility index (Phi) is 1.68. The summed E-state index contributed by atoms with van der Waals surface area (Å²) >= 11 is 0. The molecule has 0 heterocycles. The van der Waals surface area contributed by atoms with Gasteiger partial charge >= 0.3 is 0 Å². The molecule has 0 fully saturated rings. The van der Waals surface area contributed by atoms with Crippen LogP contribution < -0.4 is 0 Å². The van der Waals surface area contributed by atoms with Crippen LogP contribution in [0.4, 0.5) is 0 Å². The second-order valence-corrected chi connectivity index (χ2v) is 2.93. The highest BCUT2D eigenvalue weighted by atomic mass is 14.2. The molecule has 0 N–H and O–H groups in total. The zero-order valence-corrected chi connectivity index (χ0v) is 6.75. The first-order valence-electron chi connectivity index (χ1n) is 4.06. The minimum Gasteiger partial charge on any atom is -0.198 e. The van der Waals surface area contributed by atoms with Crippen LogP contribution in [0.3, 0.4) is 0 Å². The standard InChI is InChI=1S/C11H9N/c12-8-7-10-6-5-9-3-1-2-4-11(9)10/h1-4,6H,5,7H2. The summed E-state index contributed by atoms with van der Waals surface area (Å²) in [6.07, 6.45) is 3.68. The lowest BCUT2D eigenvalue weighted by molar-refractivity contribution is 1.31. The van der Waals surface area contributed by atoms with Gasteiger partial charge in [-0.1, -0.05) is 30.3 Å². The minimum absolute atomic E-state index is 0.539. The van der Waals surface area contributed by atoms with Gasteiger partial charge < -0.3 is 0 Å². The second kappa shape index (κ2) is 2.83. The van der Waals surface area contributed by atoms with Crippen LogP contribution in [0.15, 0.2) is 30.3 Å². The first-order valence-corrected chi connectivity index (χ1v) is 4.06. The van der Waals surface area contributed by atoms with Crippen LogP contribution in [0.25, 0.3) is 5.57 Å². The molecular weight excluding hydrogens is 146 g/mol. The van der Waals surface area contributed by atoms with E-state index in [0.717, 1.165) is 6.42 Å². The number of nitriles is 1. The Morgan fingerprint density at radius 3 is 3.00 bits per heavy atom. The van der Waals surface area contributed by atoms with Crippen molar-refractivity contribution in [3.05, 3.63) is 41.5 Å². The molecule has 1 aromatic carbocycles. The Bertz CT molecular complexity index is 369. The maximum atomic E-state index is 8.56. The SMILES string of the molecule is N#CCC1=CCc2ccccc21. The van der Waals surface area contributed by atoms with E-state index in [1.54, 1.807) is 0 Å². The zero-order chi connectivity index (χ0) is 8.39. The molecule has 0 unspecified atom stereocenters. The summed E-state index contributed by atoms with van der Waals surface area (Å²) in [6.45, 7) is 0. The molecule has 0 aliphatic heterocycles. The number of benzene rings is 1. The van der Waals surface area contributed by atoms with Crippen LogP contribution in [-0.4, -0.2) is 0 Å². The van der Waals surface area contributed by atoms with Crippen molar-refractivity contribution >= 4 is 5.57 Å². The quantitative estimate of drug-likeness (QED) is 0.611. The molecule has 0 atom stereocenters. The average Bonchev–Trinajstić information content (AvgIpc) is 2.50. The summed E-state index contributed by atoms with van der Waals surface area (Å²) in [6, 6.07) is 10.5. The molecule has 0 radical (unpaired) electrons. The summed E-state index contributed by atoms with van der Waals surface area (Å²) in [4.78, 5) is 0. The number of nitrogens with zero attached hydrogens (tertiary/aromatic N) is 1. The van der Waals surface area contributed by atoms with Gasteiger partial charge in [-0.25, -0.2) is 0 Å². The molecule has 58 valence electrons. The number of rotatable bonds is 1.